The maximum atomic E-state index is 13.2. The summed E-state index contributed by atoms with van der Waals surface area (Å²) in [5.41, 5.74) is 1.87. The molecule has 3 saturated heterocycles. The Hall–Kier alpha value is -3.98. The van der Waals surface area contributed by atoms with Crippen molar-refractivity contribution in [3.63, 3.8) is 0 Å². The Labute approximate surface area is 318 Å². The van der Waals surface area contributed by atoms with E-state index in [2.05, 4.69) is 15.0 Å². The zero-order valence-electron chi connectivity index (χ0n) is 29.8. The number of aromatic amines is 2. The summed E-state index contributed by atoms with van der Waals surface area (Å²) in [6.45, 7) is 0.306. The average Bonchev–Trinajstić information content (AvgIpc) is 3.80. The minimum Gasteiger partial charge on any atom is -0.394 e. The number of nitrogens with one attached hydrogen (secondary N) is 2. The van der Waals surface area contributed by atoms with E-state index in [-0.39, 0.29) is 29.8 Å². The predicted molar refractivity (Wildman–Crippen MR) is 186 cm³/mol. The molecule has 3 aliphatic rings. The predicted octanol–water partition coefficient (Wildman–Crippen LogP) is -3.27. The summed E-state index contributed by atoms with van der Waals surface area (Å²) < 4.78 is 66.8. The fourth-order valence-corrected chi connectivity index (χ4v) is 8.26. The van der Waals surface area contributed by atoms with Crippen LogP contribution in [0, 0.1) is 13.8 Å². The third kappa shape index (κ3) is 9.50. The normalized spacial score (nSPS) is 31.0. The molecule has 3 aromatic heterocycles. The molecule has 0 radical (unpaired) electrons. The summed E-state index contributed by atoms with van der Waals surface area (Å²) in [7, 11) is -10.5. The molecule has 12 atom stereocenters. The first-order valence-corrected chi connectivity index (χ1v) is 20.0. The molecule has 0 saturated carbocycles. The first-order valence-electron chi connectivity index (χ1n) is 17.0. The van der Waals surface area contributed by atoms with Crippen LogP contribution in [0.1, 0.15) is 42.7 Å². The second-order valence-electron chi connectivity index (χ2n) is 13.3. The van der Waals surface area contributed by atoms with Crippen LogP contribution in [-0.4, -0.2) is 116 Å². The van der Waals surface area contributed by atoms with Crippen LogP contribution in [0.3, 0.4) is 0 Å². The molecule has 314 valence electrons. The standard InChI is InChI=1S/C29H39N7O19P2/c1-12-7-35(28(43)32-24(12)40)20-5-14(38)17(52-20)10-49-57(47,48)55-23-18(53-26(22(23)39)34-4-3-19(30)31-27(34)42)11-50-56(45,46)54-15-6-21(51-16(15)9-37)36-8-13(2)25(41)33-29(36)44/h3-4,7-8,14-18,20-23,26,37-39H,5-6,9-11H2,1-2H3,(H,45,46)(H,47,48)(H2,30,31,42)(H,32,40,43)(H,33,41,44)/t14-,15-,16+,17+,18+,20+,21+,22+,23+,26+/m0/s1. The number of nitrogens with zero attached hydrogens (tertiary/aromatic N) is 4. The number of anilines is 1. The molecule has 6 rings (SSSR count). The average molecular weight is 852 g/mol. The number of phosphoric ester groups is 2. The highest BCUT2D eigenvalue weighted by Crippen LogP contribution is 2.52. The summed E-state index contributed by atoms with van der Waals surface area (Å²) in [5.74, 6) is -0.193. The SMILES string of the molecule is Cc1cn([C@H]2C[C@H](OP(=O)(O)OC[C@H]3O[C@@H](n4ccc(N)nc4=O)[C@H](O)[C@@H]3OP(=O)(O)OC[C@H]3O[C@@H](n4cc(C)c(=O)[nH]c4=O)C[C@@H]3O)[C@@H](CO)O2)c(=O)[nH]c1=O. The van der Waals surface area contributed by atoms with Gasteiger partial charge in [0.25, 0.3) is 11.1 Å². The molecule has 26 nitrogen and oxygen atoms in total. The van der Waals surface area contributed by atoms with E-state index in [4.69, 9.17) is 38.0 Å². The van der Waals surface area contributed by atoms with E-state index in [9.17, 15) is 58.2 Å². The Balaban J connectivity index is 1.14. The van der Waals surface area contributed by atoms with Gasteiger partial charge in [0.15, 0.2) is 6.23 Å². The van der Waals surface area contributed by atoms with Gasteiger partial charge in [-0.25, -0.2) is 23.5 Å². The molecule has 6 heterocycles. The molecule has 9 N–H and O–H groups in total. The molecule has 0 aliphatic carbocycles. The van der Waals surface area contributed by atoms with Gasteiger partial charge in [-0.1, -0.05) is 0 Å². The monoisotopic (exact) mass is 851 g/mol. The van der Waals surface area contributed by atoms with Crippen LogP contribution in [0.25, 0.3) is 0 Å². The Morgan fingerprint density at radius 1 is 0.825 bits per heavy atom. The van der Waals surface area contributed by atoms with E-state index >= 15 is 0 Å². The zero-order chi connectivity index (χ0) is 41.6. The number of H-pyrrole nitrogens is 2. The number of phosphoric acid groups is 2. The summed E-state index contributed by atoms with van der Waals surface area (Å²) in [5, 5.41) is 31.6. The summed E-state index contributed by atoms with van der Waals surface area (Å²) in [6.07, 6.45) is -11.8. The van der Waals surface area contributed by atoms with E-state index in [0.29, 0.717) is 0 Å². The zero-order valence-corrected chi connectivity index (χ0v) is 31.6. The maximum Gasteiger partial charge on any atom is 0.472 e. The Kier molecular flexibility index (Phi) is 12.5. The van der Waals surface area contributed by atoms with Crippen LogP contribution in [0.4, 0.5) is 5.82 Å². The fourth-order valence-electron chi connectivity index (χ4n) is 6.34. The summed E-state index contributed by atoms with van der Waals surface area (Å²) >= 11 is 0. The quantitative estimate of drug-likeness (QED) is 0.0738. The molecule has 3 fully saturated rings. The molecule has 0 aromatic carbocycles. The maximum absolute atomic E-state index is 13.2. The van der Waals surface area contributed by atoms with Gasteiger partial charge in [-0.3, -0.25) is 51.4 Å². The largest absolute Gasteiger partial charge is 0.472 e. The summed E-state index contributed by atoms with van der Waals surface area (Å²) in [4.78, 5) is 90.0. The van der Waals surface area contributed by atoms with E-state index in [0.717, 1.165) is 19.9 Å². The number of aryl methyl sites for hydroxylation is 2. The van der Waals surface area contributed by atoms with Crippen LogP contribution in [0.15, 0.2) is 48.6 Å². The molecule has 3 aliphatic heterocycles. The Bertz CT molecular complexity index is 2360. The van der Waals surface area contributed by atoms with Crippen LogP contribution in [0.5, 0.6) is 0 Å². The minimum atomic E-state index is -5.28. The first kappa shape index (κ1) is 42.6. The fraction of sp³-hybridized carbons (Fsp3) is 0.586. The smallest absolute Gasteiger partial charge is 0.394 e. The lowest BCUT2D eigenvalue weighted by atomic mass is 10.1. The van der Waals surface area contributed by atoms with Crippen molar-refractivity contribution in [3.05, 3.63) is 87.9 Å². The number of ether oxygens (including phenoxy) is 3. The number of aromatic nitrogens is 6. The van der Waals surface area contributed by atoms with Crippen LogP contribution >= 0.6 is 15.6 Å². The van der Waals surface area contributed by atoms with Crippen molar-refractivity contribution < 1.29 is 66.5 Å². The first-order chi connectivity index (χ1) is 26.8. The molecular weight excluding hydrogens is 812 g/mol. The number of hydrogen-bond acceptors (Lipinski definition) is 19. The number of rotatable bonds is 14. The summed E-state index contributed by atoms with van der Waals surface area (Å²) in [6, 6.07) is 1.17. The van der Waals surface area contributed by atoms with Gasteiger partial charge in [-0.2, -0.15) is 4.98 Å². The number of nitrogens with two attached hydrogens (primary N) is 1. The van der Waals surface area contributed by atoms with E-state index in [1.165, 1.54) is 32.3 Å². The van der Waals surface area contributed by atoms with Gasteiger partial charge in [0.1, 0.15) is 54.9 Å². The van der Waals surface area contributed by atoms with Gasteiger partial charge in [0.05, 0.1) is 25.9 Å². The topological polar surface area (TPSA) is 371 Å². The van der Waals surface area contributed by atoms with Gasteiger partial charge in [-0.15, -0.1) is 0 Å². The van der Waals surface area contributed by atoms with Crippen molar-refractivity contribution in [1.82, 2.24) is 28.7 Å². The lowest BCUT2D eigenvalue weighted by Crippen LogP contribution is -2.38. The lowest BCUT2D eigenvalue weighted by molar-refractivity contribution is -0.0631. The van der Waals surface area contributed by atoms with Gasteiger partial charge in [-0.05, 0) is 19.9 Å². The van der Waals surface area contributed by atoms with Crippen LogP contribution < -0.4 is 33.9 Å². The molecule has 0 bridgehead atoms. The number of nitrogen functional groups attached to an aromatic ring is 1. The van der Waals surface area contributed by atoms with Crippen molar-refractivity contribution in [2.45, 2.75) is 88.1 Å². The molecule has 28 heteroatoms. The van der Waals surface area contributed by atoms with Gasteiger partial charge < -0.3 is 45.1 Å². The van der Waals surface area contributed by atoms with Gasteiger partial charge in [0.2, 0.25) is 0 Å². The number of aliphatic hydroxyl groups excluding tert-OH is 3. The number of hydrogen-bond donors (Lipinski definition) is 8. The Morgan fingerprint density at radius 2 is 1.37 bits per heavy atom. The molecule has 0 spiro atoms. The molecule has 57 heavy (non-hydrogen) atoms. The lowest BCUT2D eigenvalue weighted by Gasteiger charge is -2.25. The van der Waals surface area contributed by atoms with Crippen LogP contribution in [-0.2, 0) is 41.4 Å². The van der Waals surface area contributed by atoms with Gasteiger partial charge >= 0.3 is 32.7 Å². The van der Waals surface area contributed by atoms with Crippen molar-refractivity contribution in [2.75, 3.05) is 25.6 Å². The second kappa shape index (κ2) is 16.7. The number of aliphatic hydroxyl groups is 3. The minimum absolute atomic E-state index is 0.150. The van der Waals surface area contributed by atoms with Crippen LogP contribution in [0.2, 0.25) is 0 Å². The van der Waals surface area contributed by atoms with E-state index < -0.39 is 125 Å². The third-order valence-corrected chi connectivity index (χ3v) is 11.2. The van der Waals surface area contributed by atoms with Crippen molar-refractivity contribution in [2.24, 2.45) is 0 Å². The van der Waals surface area contributed by atoms with Gasteiger partial charge in [0, 0.05) is 42.6 Å². The molecule has 0 amide bonds. The van der Waals surface area contributed by atoms with Crippen molar-refractivity contribution in [3.8, 4) is 0 Å². The van der Waals surface area contributed by atoms with E-state index in [1.54, 1.807) is 0 Å². The highest BCUT2D eigenvalue weighted by molar-refractivity contribution is 7.47. The highest BCUT2D eigenvalue weighted by Gasteiger charge is 2.51. The highest BCUT2D eigenvalue weighted by atomic mass is 31.2. The third-order valence-electron chi connectivity index (χ3n) is 9.24. The van der Waals surface area contributed by atoms with Crippen molar-refractivity contribution in [1.29, 1.82) is 0 Å². The van der Waals surface area contributed by atoms with E-state index in [1.807, 2.05) is 0 Å². The molecular formula is C29H39N7O19P2. The molecule has 3 aromatic rings. The van der Waals surface area contributed by atoms with Crippen molar-refractivity contribution >= 4 is 21.5 Å². The second-order valence-corrected chi connectivity index (χ2v) is 16.1. The molecule has 2 unspecified atom stereocenters. The Morgan fingerprint density at radius 3 is 1.95 bits per heavy atom.